The molecule has 0 saturated heterocycles. The van der Waals surface area contributed by atoms with E-state index >= 15 is 0 Å². The summed E-state index contributed by atoms with van der Waals surface area (Å²) in [5, 5.41) is 0. The molecule has 0 amide bonds. The molecule has 9 heteroatoms. The number of benzene rings is 1. The molecule has 0 radical (unpaired) electrons. The van der Waals surface area contributed by atoms with Gasteiger partial charge >= 0.3 is 12.4 Å². The van der Waals surface area contributed by atoms with Gasteiger partial charge in [-0.1, -0.05) is 34.1 Å². The van der Waals surface area contributed by atoms with Crippen molar-refractivity contribution in [2.75, 3.05) is 6.54 Å². The van der Waals surface area contributed by atoms with Crippen LogP contribution in [-0.2, 0) is 4.74 Å². The predicted molar refractivity (Wildman–Crippen MR) is 62.9 cm³/mol. The van der Waals surface area contributed by atoms with E-state index in [1.54, 1.807) is 6.07 Å². The van der Waals surface area contributed by atoms with Gasteiger partial charge < -0.3 is 10.5 Å². The SMILES string of the molecule is NCC(OC(C(F)(F)F)C(F)(F)F)c1ccccc1Br. The third kappa shape index (κ3) is 4.35. The van der Waals surface area contributed by atoms with Crippen LogP contribution in [0.25, 0.3) is 0 Å². The monoisotopic (exact) mass is 365 g/mol. The zero-order valence-corrected chi connectivity index (χ0v) is 11.4. The molecule has 0 aromatic heterocycles. The number of hydrogen-bond acceptors (Lipinski definition) is 2. The summed E-state index contributed by atoms with van der Waals surface area (Å²) < 4.78 is 79.1. The number of alkyl halides is 6. The van der Waals surface area contributed by atoms with Gasteiger partial charge in [-0.2, -0.15) is 26.3 Å². The lowest BCUT2D eigenvalue weighted by atomic mass is 10.1. The van der Waals surface area contributed by atoms with E-state index in [2.05, 4.69) is 20.7 Å². The number of rotatable bonds is 4. The average molecular weight is 366 g/mol. The van der Waals surface area contributed by atoms with Gasteiger partial charge in [-0.05, 0) is 11.6 Å². The van der Waals surface area contributed by atoms with Gasteiger partial charge in [0, 0.05) is 11.0 Å². The molecule has 1 rings (SSSR count). The summed E-state index contributed by atoms with van der Waals surface area (Å²) in [6, 6.07) is 5.83. The first-order valence-corrected chi connectivity index (χ1v) is 6.10. The first-order valence-electron chi connectivity index (χ1n) is 5.30. The van der Waals surface area contributed by atoms with E-state index in [0.29, 0.717) is 4.47 Å². The Labute approximate surface area is 119 Å². The van der Waals surface area contributed by atoms with Crippen LogP contribution in [-0.4, -0.2) is 25.0 Å². The van der Waals surface area contributed by atoms with Crippen molar-refractivity contribution in [3.05, 3.63) is 34.3 Å². The molecule has 0 saturated carbocycles. The molecule has 0 heterocycles. The predicted octanol–water partition coefficient (Wildman–Crippen LogP) is 3.96. The fraction of sp³-hybridized carbons (Fsp3) is 0.455. The molecular weight excluding hydrogens is 356 g/mol. The number of halogens is 7. The molecule has 1 atom stereocenters. The molecule has 0 fully saturated rings. The van der Waals surface area contributed by atoms with Crippen LogP contribution in [0.15, 0.2) is 28.7 Å². The van der Waals surface area contributed by atoms with E-state index in [0.717, 1.165) is 0 Å². The second kappa shape index (κ2) is 6.31. The van der Waals surface area contributed by atoms with Gasteiger partial charge in [0.25, 0.3) is 0 Å². The Morgan fingerprint density at radius 2 is 1.55 bits per heavy atom. The minimum Gasteiger partial charge on any atom is -0.351 e. The number of nitrogens with two attached hydrogens (primary N) is 1. The Bertz CT molecular complexity index is 433. The van der Waals surface area contributed by atoms with E-state index < -0.39 is 31.1 Å². The highest BCUT2D eigenvalue weighted by Crippen LogP contribution is 2.39. The molecule has 0 aliphatic carbocycles. The topological polar surface area (TPSA) is 35.2 Å². The van der Waals surface area contributed by atoms with Crippen LogP contribution in [0.3, 0.4) is 0 Å². The van der Waals surface area contributed by atoms with Crippen molar-refractivity contribution in [1.82, 2.24) is 0 Å². The molecular formula is C11H10BrF6NO. The lowest BCUT2D eigenvalue weighted by Gasteiger charge is -2.28. The molecule has 20 heavy (non-hydrogen) atoms. The Morgan fingerprint density at radius 1 is 1.05 bits per heavy atom. The minimum atomic E-state index is -5.56. The Balaban J connectivity index is 3.05. The van der Waals surface area contributed by atoms with Gasteiger partial charge in [0.15, 0.2) is 0 Å². The molecule has 114 valence electrons. The van der Waals surface area contributed by atoms with Crippen LogP contribution in [0, 0.1) is 0 Å². The first kappa shape index (κ1) is 17.3. The highest BCUT2D eigenvalue weighted by molar-refractivity contribution is 9.10. The Hall–Kier alpha value is -0.800. The van der Waals surface area contributed by atoms with Crippen LogP contribution < -0.4 is 5.73 Å². The lowest BCUT2D eigenvalue weighted by molar-refractivity contribution is -0.331. The highest BCUT2D eigenvalue weighted by atomic mass is 79.9. The molecule has 1 aromatic rings. The lowest BCUT2D eigenvalue weighted by Crippen LogP contribution is -2.45. The summed E-state index contributed by atoms with van der Waals surface area (Å²) in [7, 11) is 0. The van der Waals surface area contributed by atoms with Crippen molar-refractivity contribution in [3.63, 3.8) is 0 Å². The van der Waals surface area contributed by atoms with E-state index in [4.69, 9.17) is 5.73 Å². The zero-order chi connectivity index (χ0) is 15.6. The summed E-state index contributed by atoms with van der Waals surface area (Å²) in [6.07, 6.45) is -16.5. The summed E-state index contributed by atoms with van der Waals surface area (Å²) >= 11 is 3.03. The van der Waals surface area contributed by atoms with Crippen molar-refractivity contribution >= 4 is 15.9 Å². The van der Waals surface area contributed by atoms with E-state index in [-0.39, 0.29) is 5.56 Å². The van der Waals surface area contributed by atoms with Crippen LogP contribution in [0.5, 0.6) is 0 Å². The standard InChI is InChI=1S/C11H10BrF6NO/c12-7-4-2-1-3-6(7)8(5-19)20-9(10(13,14)15)11(16,17)18/h1-4,8-9H,5,19H2. The summed E-state index contributed by atoms with van der Waals surface area (Å²) in [6.45, 7) is -0.523. The quantitative estimate of drug-likeness (QED) is 0.819. The maximum Gasteiger partial charge on any atom is 0.423 e. The van der Waals surface area contributed by atoms with E-state index in [9.17, 15) is 26.3 Å². The van der Waals surface area contributed by atoms with Gasteiger partial charge in [0.1, 0.15) is 0 Å². The second-order valence-electron chi connectivity index (χ2n) is 3.85. The van der Waals surface area contributed by atoms with Crippen LogP contribution in [0.2, 0.25) is 0 Å². The molecule has 0 aliphatic rings. The highest BCUT2D eigenvalue weighted by Gasteiger charge is 2.58. The van der Waals surface area contributed by atoms with Crippen molar-refractivity contribution in [1.29, 1.82) is 0 Å². The Morgan fingerprint density at radius 3 is 1.95 bits per heavy atom. The van der Waals surface area contributed by atoms with Gasteiger partial charge in [0.2, 0.25) is 6.10 Å². The maximum atomic E-state index is 12.4. The molecule has 0 bridgehead atoms. The van der Waals surface area contributed by atoms with Crippen molar-refractivity contribution in [2.45, 2.75) is 24.6 Å². The fourth-order valence-electron chi connectivity index (χ4n) is 1.50. The van der Waals surface area contributed by atoms with Crippen LogP contribution >= 0.6 is 15.9 Å². The van der Waals surface area contributed by atoms with Crippen LogP contribution in [0.1, 0.15) is 11.7 Å². The molecule has 2 N–H and O–H groups in total. The maximum absolute atomic E-state index is 12.4. The average Bonchev–Trinajstić information content (AvgIpc) is 2.28. The van der Waals surface area contributed by atoms with Crippen molar-refractivity contribution < 1.29 is 31.1 Å². The van der Waals surface area contributed by atoms with E-state index in [1.807, 2.05) is 0 Å². The van der Waals surface area contributed by atoms with Crippen molar-refractivity contribution in [2.24, 2.45) is 5.73 Å². The summed E-state index contributed by atoms with van der Waals surface area (Å²) in [5.74, 6) is 0. The summed E-state index contributed by atoms with van der Waals surface area (Å²) in [5.41, 5.74) is 5.35. The van der Waals surface area contributed by atoms with Gasteiger partial charge in [-0.15, -0.1) is 0 Å². The second-order valence-corrected chi connectivity index (χ2v) is 4.70. The molecule has 1 aromatic carbocycles. The Kier molecular flexibility index (Phi) is 5.45. The zero-order valence-electron chi connectivity index (χ0n) is 9.80. The number of hydrogen-bond donors (Lipinski definition) is 1. The van der Waals surface area contributed by atoms with Crippen molar-refractivity contribution in [3.8, 4) is 0 Å². The molecule has 1 unspecified atom stereocenters. The van der Waals surface area contributed by atoms with Crippen LogP contribution in [0.4, 0.5) is 26.3 Å². The van der Waals surface area contributed by atoms with E-state index in [1.165, 1.54) is 18.2 Å². The minimum absolute atomic E-state index is 0.119. The number of ether oxygens (including phenoxy) is 1. The summed E-state index contributed by atoms with van der Waals surface area (Å²) in [4.78, 5) is 0. The van der Waals surface area contributed by atoms with Gasteiger partial charge in [-0.3, -0.25) is 0 Å². The van der Waals surface area contributed by atoms with Gasteiger partial charge in [-0.25, -0.2) is 0 Å². The largest absolute Gasteiger partial charge is 0.423 e. The third-order valence-corrected chi connectivity index (χ3v) is 3.08. The molecule has 2 nitrogen and oxygen atoms in total. The normalized spacial score (nSPS) is 14.7. The fourth-order valence-corrected chi connectivity index (χ4v) is 2.04. The molecule has 0 aliphatic heterocycles. The molecule has 0 spiro atoms. The smallest absolute Gasteiger partial charge is 0.351 e. The third-order valence-electron chi connectivity index (χ3n) is 2.36. The van der Waals surface area contributed by atoms with Gasteiger partial charge in [0.05, 0.1) is 6.10 Å². The first-order chi connectivity index (χ1) is 9.07.